The summed E-state index contributed by atoms with van der Waals surface area (Å²) in [6, 6.07) is 0. The van der Waals surface area contributed by atoms with Crippen LogP contribution in [0.2, 0.25) is 0 Å². The van der Waals surface area contributed by atoms with E-state index in [0.29, 0.717) is 0 Å². The van der Waals surface area contributed by atoms with Crippen molar-refractivity contribution < 1.29 is 0 Å². The summed E-state index contributed by atoms with van der Waals surface area (Å²) in [5, 5.41) is 0. The minimum absolute atomic E-state index is 0.212. The monoisotopic (exact) mass is 252 g/mol. The van der Waals surface area contributed by atoms with Gasteiger partial charge in [0.05, 0.1) is 6.33 Å². The minimum Gasteiger partial charge on any atom is -0.337 e. The Kier molecular flexibility index (Phi) is 6.36. The van der Waals surface area contributed by atoms with Gasteiger partial charge in [-0.2, -0.15) is 0 Å². The van der Waals surface area contributed by atoms with Gasteiger partial charge in [0.2, 0.25) is 0 Å². The molecule has 0 aromatic carbocycles. The summed E-state index contributed by atoms with van der Waals surface area (Å²) in [6.07, 6.45) is 8.10. The van der Waals surface area contributed by atoms with E-state index in [0.717, 1.165) is 39.1 Å². The molecule has 0 aliphatic heterocycles. The van der Waals surface area contributed by atoms with Gasteiger partial charge in [0.1, 0.15) is 0 Å². The average Bonchev–Trinajstić information content (AvgIpc) is 2.82. The van der Waals surface area contributed by atoms with Crippen molar-refractivity contribution in [3.63, 3.8) is 0 Å². The molecule has 0 saturated heterocycles. The van der Waals surface area contributed by atoms with Crippen LogP contribution < -0.4 is 5.73 Å². The van der Waals surface area contributed by atoms with Crippen LogP contribution in [0.25, 0.3) is 0 Å². The number of aryl methyl sites for hydroxylation is 1. The topological polar surface area (TPSA) is 47.1 Å². The molecule has 0 spiro atoms. The van der Waals surface area contributed by atoms with Gasteiger partial charge in [-0.25, -0.2) is 4.98 Å². The van der Waals surface area contributed by atoms with Crippen molar-refractivity contribution >= 4 is 0 Å². The molecule has 4 heteroatoms. The van der Waals surface area contributed by atoms with Crippen molar-refractivity contribution in [2.24, 2.45) is 11.1 Å². The lowest BCUT2D eigenvalue weighted by molar-refractivity contribution is 0.179. The third kappa shape index (κ3) is 5.65. The number of imidazole rings is 1. The van der Waals surface area contributed by atoms with Crippen LogP contribution in [0.4, 0.5) is 0 Å². The van der Waals surface area contributed by atoms with Crippen LogP contribution in [-0.4, -0.2) is 40.6 Å². The smallest absolute Gasteiger partial charge is 0.0945 e. The standard InChI is InChI=1S/C14H28N4/c1-4-7-17(12-14(2,3)11-15)8-5-9-18-10-6-16-13-18/h6,10,13H,4-5,7-9,11-12,15H2,1-3H3. The molecule has 0 unspecified atom stereocenters. The van der Waals surface area contributed by atoms with E-state index in [4.69, 9.17) is 5.73 Å². The van der Waals surface area contributed by atoms with Gasteiger partial charge in [0.15, 0.2) is 0 Å². The quantitative estimate of drug-likeness (QED) is 0.731. The highest BCUT2D eigenvalue weighted by Gasteiger charge is 2.19. The maximum absolute atomic E-state index is 5.82. The second-order valence-corrected chi connectivity index (χ2v) is 5.80. The lowest BCUT2D eigenvalue weighted by Crippen LogP contribution is -2.39. The predicted molar refractivity (Wildman–Crippen MR) is 76.4 cm³/mol. The summed E-state index contributed by atoms with van der Waals surface area (Å²) in [7, 11) is 0. The van der Waals surface area contributed by atoms with Crippen LogP contribution in [0.1, 0.15) is 33.6 Å². The molecule has 0 amide bonds. The minimum atomic E-state index is 0.212. The van der Waals surface area contributed by atoms with Crippen molar-refractivity contribution in [1.29, 1.82) is 0 Å². The zero-order valence-corrected chi connectivity index (χ0v) is 12.1. The number of nitrogens with two attached hydrogens (primary N) is 1. The Bertz CT molecular complexity index is 306. The molecule has 104 valence electrons. The third-order valence-corrected chi connectivity index (χ3v) is 3.19. The van der Waals surface area contributed by atoms with E-state index in [1.807, 2.05) is 18.7 Å². The molecule has 0 aliphatic rings. The van der Waals surface area contributed by atoms with Crippen LogP contribution in [0, 0.1) is 5.41 Å². The molecule has 1 aromatic rings. The van der Waals surface area contributed by atoms with Gasteiger partial charge in [0, 0.05) is 25.5 Å². The van der Waals surface area contributed by atoms with Gasteiger partial charge >= 0.3 is 0 Å². The van der Waals surface area contributed by atoms with Gasteiger partial charge in [-0.1, -0.05) is 20.8 Å². The fourth-order valence-corrected chi connectivity index (χ4v) is 2.15. The normalized spacial score (nSPS) is 12.3. The molecule has 18 heavy (non-hydrogen) atoms. The summed E-state index contributed by atoms with van der Waals surface area (Å²) < 4.78 is 2.14. The maximum atomic E-state index is 5.82. The summed E-state index contributed by atoms with van der Waals surface area (Å²) >= 11 is 0. The Morgan fingerprint density at radius 1 is 1.33 bits per heavy atom. The Balaban J connectivity index is 2.33. The summed E-state index contributed by atoms with van der Waals surface area (Å²) in [6.45, 7) is 11.9. The molecule has 0 bridgehead atoms. The Morgan fingerprint density at radius 3 is 2.67 bits per heavy atom. The van der Waals surface area contributed by atoms with Crippen LogP contribution in [-0.2, 0) is 6.54 Å². The van der Waals surface area contributed by atoms with E-state index < -0.39 is 0 Å². The van der Waals surface area contributed by atoms with Gasteiger partial charge in [0.25, 0.3) is 0 Å². The van der Waals surface area contributed by atoms with Gasteiger partial charge in [-0.3, -0.25) is 0 Å². The highest BCUT2D eigenvalue weighted by atomic mass is 15.1. The lowest BCUT2D eigenvalue weighted by atomic mass is 9.93. The van der Waals surface area contributed by atoms with E-state index in [1.165, 1.54) is 6.42 Å². The van der Waals surface area contributed by atoms with Crippen molar-refractivity contribution in [3.05, 3.63) is 18.7 Å². The summed E-state index contributed by atoms with van der Waals surface area (Å²) in [5.74, 6) is 0. The van der Waals surface area contributed by atoms with E-state index in [1.54, 1.807) is 0 Å². The number of aromatic nitrogens is 2. The molecule has 1 rings (SSSR count). The van der Waals surface area contributed by atoms with Crippen LogP contribution in [0.5, 0.6) is 0 Å². The van der Waals surface area contributed by atoms with Crippen molar-refractivity contribution in [2.75, 3.05) is 26.2 Å². The average molecular weight is 252 g/mol. The summed E-state index contributed by atoms with van der Waals surface area (Å²) in [4.78, 5) is 6.59. The highest BCUT2D eigenvalue weighted by molar-refractivity contribution is 4.76. The van der Waals surface area contributed by atoms with Crippen molar-refractivity contribution in [3.8, 4) is 0 Å². The molecule has 4 nitrogen and oxygen atoms in total. The Morgan fingerprint density at radius 2 is 2.11 bits per heavy atom. The Labute approximate surface area is 111 Å². The molecule has 0 radical (unpaired) electrons. The van der Waals surface area contributed by atoms with Crippen LogP contribution in [0.3, 0.4) is 0 Å². The Hall–Kier alpha value is -0.870. The molecule has 0 atom stereocenters. The second kappa shape index (κ2) is 7.54. The zero-order chi connectivity index (χ0) is 13.4. The zero-order valence-electron chi connectivity index (χ0n) is 12.1. The first-order valence-corrected chi connectivity index (χ1v) is 6.95. The molecular formula is C14H28N4. The lowest BCUT2D eigenvalue weighted by Gasteiger charge is -2.31. The molecule has 2 N–H and O–H groups in total. The first-order chi connectivity index (χ1) is 8.57. The number of hydrogen-bond donors (Lipinski definition) is 1. The van der Waals surface area contributed by atoms with Crippen LogP contribution in [0.15, 0.2) is 18.7 Å². The number of rotatable bonds is 9. The molecular weight excluding hydrogens is 224 g/mol. The maximum Gasteiger partial charge on any atom is 0.0945 e. The van der Waals surface area contributed by atoms with E-state index in [2.05, 4.69) is 35.2 Å². The first kappa shape index (κ1) is 15.2. The largest absolute Gasteiger partial charge is 0.337 e. The molecule has 0 aliphatic carbocycles. The molecule has 0 fully saturated rings. The molecule has 0 saturated carbocycles. The van der Waals surface area contributed by atoms with Crippen molar-refractivity contribution in [1.82, 2.24) is 14.5 Å². The SMILES string of the molecule is CCCN(CCCn1ccnc1)CC(C)(C)CN. The fraction of sp³-hybridized carbons (Fsp3) is 0.786. The van der Waals surface area contributed by atoms with E-state index in [9.17, 15) is 0 Å². The van der Waals surface area contributed by atoms with Gasteiger partial charge < -0.3 is 15.2 Å². The second-order valence-electron chi connectivity index (χ2n) is 5.80. The molecule has 1 heterocycles. The fourth-order valence-electron chi connectivity index (χ4n) is 2.15. The first-order valence-electron chi connectivity index (χ1n) is 6.95. The van der Waals surface area contributed by atoms with Gasteiger partial charge in [-0.15, -0.1) is 0 Å². The highest BCUT2D eigenvalue weighted by Crippen LogP contribution is 2.15. The van der Waals surface area contributed by atoms with Crippen LogP contribution >= 0.6 is 0 Å². The van der Waals surface area contributed by atoms with Gasteiger partial charge in [-0.05, 0) is 37.9 Å². The van der Waals surface area contributed by atoms with Crippen molar-refractivity contribution in [2.45, 2.75) is 40.2 Å². The van der Waals surface area contributed by atoms with E-state index >= 15 is 0 Å². The molecule has 1 aromatic heterocycles. The number of nitrogens with zero attached hydrogens (tertiary/aromatic N) is 3. The van der Waals surface area contributed by atoms with E-state index in [-0.39, 0.29) is 5.41 Å². The summed E-state index contributed by atoms with van der Waals surface area (Å²) in [5.41, 5.74) is 6.03. The predicted octanol–water partition coefficient (Wildman–Crippen LogP) is 1.97. The third-order valence-electron chi connectivity index (χ3n) is 3.19. The number of hydrogen-bond acceptors (Lipinski definition) is 3.